The molecule has 23 heavy (non-hydrogen) atoms. The third kappa shape index (κ3) is 3.06. The number of likely N-dealkylation sites (tertiary alicyclic amines) is 2. The third-order valence-corrected chi connectivity index (χ3v) is 6.73. The lowest BCUT2D eigenvalue weighted by Gasteiger charge is -2.26. The lowest BCUT2D eigenvalue weighted by Crippen LogP contribution is -2.44. The minimum absolute atomic E-state index is 0.0399. The summed E-state index contributed by atoms with van der Waals surface area (Å²) in [4.78, 5) is 38.8. The second-order valence-corrected chi connectivity index (χ2v) is 8.76. The van der Waals surface area contributed by atoms with E-state index in [1.165, 1.54) is 9.80 Å². The standard InChI is InChI=1S/C14H20N2O6S/c17-12-6-9(7-16(12)10-3-5-23(21,22)8-10)13(18)15-4-1-2-11(15)14(19)20/h9-11H,1-8H2,(H,19,20)/t9?,10?,11-/m1/s1. The number of aliphatic carboxylic acids is 1. The molecule has 2 unspecified atom stereocenters. The van der Waals surface area contributed by atoms with Crippen molar-refractivity contribution in [1.82, 2.24) is 9.80 Å². The monoisotopic (exact) mass is 344 g/mol. The van der Waals surface area contributed by atoms with E-state index in [1.807, 2.05) is 0 Å². The van der Waals surface area contributed by atoms with E-state index < -0.39 is 27.8 Å². The number of amides is 2. The number of hydrogen-bond acceptors (Lipinski definition) is 5. The molecule has 0 aromatic carbocycles. The van der Waals surface area contributed by atoms with Gasteiger partial charge in [0.2, 0.25) is 11.8 Å². The quantitative estimate of drug-likeness (QED) is 0.710. The van der Waals surface area contributed by atoms with Crippen LogP contribution in [0.15, 0.2) is 0 Å². The van der Waals surface area contributed by atoms with E-state index in [1.54, 1.807) is 0 Å². The van der Waals surface area contributed by atoms with Gasteiger partial charge in [0.1, 0.15) is 6.04 Å². The summed E-state index contributed by atoms with van der Waals surface area (Å²) < 4.78 is 23.1. The van der Waals surface area contributed by atoms with Crippen molar-refractivity contribution in [2.24, 2.45) is 5.92 Å². The summed E-state index contributed by atoms with van der Waals surface area (Å²) in [6.45, 7) is 0.596. The second kappa shape index (κ2) is 5.77. The smallest absolute Gasteiger partial charge is 0.326 e. The fourth-order valence-electron chi connectivity index (χ4n) is 3.79. The molecule has 0 bridgehead atoms. The highest BCUT2D eigenvalue weighted by Gasteiger charge is 2.45. The Labute approximate surface area is 134 Å². The molecule has 3 aliphatic heterocycles. The van der Waals surface area contributed by atoms with Gasteiger partial charge in [-0.1, -0.05) is 0 Å². The van der Waals surface area contributed by atoms with Crippen molar-refractivity contribution >= 4 is 27.6 Å². The first-order valence-electron chi connectivity index (χ1n) is 7.81. The zero-order chi connectivity index (χ0) is 16.8. The van der Waals surface area contributed by atoms with Crippen molar-refractivity contribution in [3.05, 3.63) is 0 Å². The van der Waals surface area contributed by atoms with Crippen LogP contribution in [0.4, 0.5) is 0 Å². The van der Waals surface area contributed by atoms with Crippen LogP contribution in [0.2, 0.25) is 0 Å². The number of sulfone groups is 1. The van der Waals surface area contributed by atoms with Gasteiger partial charge in [0.15, 0.2) is 9.84 Å². The van der Waals surface area contributed by atoms with Crippen LogP contribution in [0.5, 0.6) is 0 Å². The van der Waals surface area contributed by atoms with E-state index in [0.717, 1.165) is 0 Å². The molecule has 0 aromatic heterocycles. The molecule has 3 rings (SSSR count). The highest BCUT2D eigenvalue weighted by molar-refractivity contribution is 7.91. The van der Waals surface area contributed by atoms with Crippen LogP contribution in [0.1, 0.15) is 25.7 Å². The molecule has 9 heteroatoms. The Hall–Kier alpha value is -1.64. The number of hydrogen-bond donors (Lipinski definition) is 1. The summed E-state index contributed by atoms with van der Waals surface area (Å²) in [5.74, 6) is -2.05. The number of carbonyl (C=O) groups is 3. The maximum atomic E-state index is 12.6. The molecule has 3 fully saturated rings. The zero-order valence-electron chi connectivity index (χ0n) is 12.7. The van der Waals surface area contributed by atoms with E-state index in [-0.39, 0.29) is 42.3 Å². The first-order valence-corrected chi connectivity index (χ1v) is 9.64. The Balaban J connectivity index is 1.68. The lowest BCUT2D eigenvalue weighted by atomic mass is 10.1. The summed E-state index contributed by atoms with van der Waals surface area (Å²) in [5, 5.41) is 9.17. The Kier molecular flexibility index (Phi) is 4.07. The summed E-state index contributed by atoms with van der Waals surface area (Å²) in [7, 11) is -3.10. The Bertz CT molecular complexity index is 646. The molecule has 1 N–H and O–H groups in total. The molecule has 0 saturated carbocycles. The summed E-state index contributed by atoms with van der Waals surface area (Å²) >= 11 is 0. The second-order valence-electron chi connectivity index (χ2n) is 6.53. The summed E-state index contributed by atoms with van der Waals surface area (Å²) in [6, 6.07) is -1.15. The van der Waals surface area contributed by atoms with Crippen molar-refractivity contribution in [1.29, 1.82) is 0 Å². The zero-order valence-corrected chi connectivity index (χ0v) is 13.5. The van der Waals surface area contributed by atoms with Gasteiger partial charge in [-0.05, 0) is 19.3 Å². The van der Waals surface area contributed by atoms with Crippen molar-refractivity contribution in [2.45, 2.75) is 37.8 Å². The molecule has 0 radical (unpaired) electrons. The first kappa shape index (κ1) is 16.2. The summed E-state index contributed by atoms with van der Waals surface area (Å²) in [5.41, 5.74) is 0. The molecule has 3 aliphatic rings. The molecule has 0 spiro atoms. The molecule has 2 amide bonds. The van der Waals surface area contributed by atoms with Crippen molar-refractivity contribution < 1.29 is 27.9 Å². The van der Waals surface area contributed by atoms with Crippen molar-refractivity contribution in [2.75, 3.05) is 24.6 Å². The molecule has 128 valence electrons. The van der Waals surface area contributed by atoms with Gasteiger partial charge in [0.05, 0.1) is 17.4 Å². The lowest BCUT2D eigenvalue weighted by molar-refractivity contribution is -0.149. The van der Waals surface area contributed by atoms with Gasteiger partial charge in [-0.15, -0.1) is 0 Å². The normalized spacial score (nSPS) is 33.4. The van der Waals surface area contributed by atoms with Crippen LogP contribution >= 0.6 is 0 Å². The fourth-order valence-corrected chi connectivity index (χ4v) is 5.52. The fraction of sp³-hybridized carbons (Fsp3) is 0.786. The highest BCUT2D eigenvalue weighted by Crippen LogP contribution is 2.29. The topological polar surface area (TPSA) is 112 Å². The maximum Gasteiger partial charge on any atom is 0.326 e. The average Bonchev–Trinajstić information content (AvgIpc) is 3.15. The van der Waals surface area contributed by atoms with Crippen molar-refractivity contribution in [3.63, 3.8) is 0 Å². The SMILES string of the molecule is O=C(O)[C@H]1CCCN1C(=O)C1CC(=O)N(C2CCS(=O)(=O)C2)C1. The van der Waals surface area contributed by atoms with Crippen LogP contribution < -0.4 is 0 Å². The average molecular weight is 344 g/mol. The van der Waals surface area contributed by atoms with E-state index in [9.17, 15) is 27.9 Å². The number of carboxylic acid groups (broad SMARTS) is 1. The predicted molar refractivity (Wildman–Crippen MR) is 79.2 cm³/mol. The Morgan fingerprint density at radius 2 is 1.96 bits per heavy atom. The number of nitrogens with zero attached hydrogens (tertiary/aromatic N) is 2. The molecule has 3 atom stereocenters. The number of carboxylic acids is 1. The van der Waals surface area contributed by atoms with Gasteiger partial charge < -0.3 is 14.9 Å². The van der Waals surface area contributed by atoms with Crippen LogP contribution in [-0.2, 0) is 24.2 Å². The maximum absolute atomic E-state index is 12.6. The molecule has 0 aliphatic carbocycles. The first-order chi connectivity index (χ1) is 10.8. The van der Waals surface area contributed by atoms with E-state index >= 15 is 0 Å². The molecular weight excluding hydrogens is 324 g/mol. The molecule has 3 heterocycles. The van der Waals surface area contributed by atoms with E-state index in [2.05, 4.69) is 0 Å². The molecule has 8 nitrogen and oxygen atoms in total. The van der Waals surface area contributed by atoms with Crippen LogP contribution in [0.25, 0.3) is 0 Å². The van der Waals surface area contributed by atoms with Gasteiger partial charge in [0, 0.05) is 25.6 Å². The minimum atomic E-state index is -3.10. The van der Waals surface area contributed by atoms with Crippen LogP contribution in [0.3, 0.4) is 0 Å². The van der Waals surface area contributed by atoms with E-state index in [4.69, 9.17) is 0 Å². The minimum Gasteiger partial charge on any atom is -0.480 e. The number of rotatable bonds is 3. The van der Waals surface area contributed by atoms with Gasteiger partial charge in [-0.3, -0.25) is 9.59 Å². The molecule has 3 saturated heterocycles. The molecular formula is C14H20N2O6S. The van der Waals surface area contributed by atoms with Gasteiger partial charge in [-0.2, -0.15) is 0 Å². The number of carbonyl (C=O) groups excluding carboxylic acids is 2. The van der Waals surface area contributed by atoms with Gasteiger partial charge in [0.25, 0.3) is 0 Å². The van der Waals surface area contributed by atoms with Crippen LogP contribution in [-0.4, -0.2) is 77.8 Å². The van der Waals surface area contributed by atoms with Crippen molar-refractivity contribution in [3.8, 4) is 0 Å². The predicted octanol–water partition coefficient (Wildman–Crippen LogP) is -0.902. The summed E-state index contributed by atoms with van der Waals surface area (Å²) in [6.07, 6.45) is 1.54. The molecule has 0 aromatic rings. The van der Waals surface area contributed by atoms with E-state index in [0.29, 0.717) is 25.8 Å². The van der Waals surface area contributed by atoms with Gasteiger partial charge in [-0.25, -0.2) is 13.2 Å². The largest absolute Gasteiger partial charge is 0.480 e. The van der Waals surface area contributed by atoms with Gasteiger partial charge >= 0.3 is 5.97 Å². The van der Waals surface area contributed by atoms with Crippen LogP contribution in [0, 0.1) is 5.92 Å². The third-order valence-electron chi connectivity index (χ3n) is 4.98. The Morgan fingerprint density at radius 3 is 2.57 bits per heavy atom. The Morgan fingerprint density at radius 1 is 1.22 bits per heavy atom. The highest BCUT2D eigenvalue weighted by atomic mass is 32.2.